The number of rotatable bonds is 5. The number of nitrogens with zero attached hydrogens (tertiary/aromatic N) is 4. The average Bonchev–Trinajstić information content (AvgIpc) is 3.22. The van der Waals surface area contributed by atoms with Gasteiger partial charge in [-0.2, -0.15) is 5.10 Å². The minimum absolute atomic E-state index is 0.00306. The second-order valence-corrected chi connectivity index (χ2v) is 6.29. The van der Waals surface area contributed by atoms with Crippen LogP contribution in [-0.4, -0.2) is 51.4 Å². The van der Waals surface area contributed by atoms with E-state index in [0.29, 0.717) is 43.3 Å². The number of amides is 1. The van der Waals surface area contributed by atoms with Crippen LogP contribution >= 0.6 is 0 Å². The first-order chi connectivity index (χ1) is 13.3. The monoisotopic (exact) mass is 364 g/mol. The van der Waals surface area contributed by atoms with E-state index in [0.717, 1.165) is 0 Å². The van der Waals surface area contributed by atoms with Crippen LogP contribution in [0.15, 0.2) is 67.3 Å². The third kappa shape index (κ3) is 4.32. The summed E-state index contributed by atoms with van der Waals surface area (Å²) in [6, 6.07) is 12.7. The SMILES string of the molecule is O=C(c1ccc(Oc2cccnc2)cc1)N1CCO[C@H](Cn2cccn2)C1. The van der Waals surface area contributed by atoms with Crippen molar-refractivity contribution in [2.24, 2.45) is 0 Å². The summed E-state index contributed by atoms with van der Waals surface area (Å²) in [5.41, 5.74) is 0.633. The molecule has 2 aromatic heterocycles. The van der Waals surface area contributed by atoms with Gasteiger partial charge < -0.3 is 14.4 Å². The van der Waals surface area contributed by atoms with Crippen LogP contribution in [0.1, 0.15) is 10.4 Å². The van der Waals surface area contributed by atoms with E-state index in [-0.39, 0.29) is 12.0 Å². The van der Waals surface area contributed by atoms with Crippen LogP contribution in [-0.2, 0) is 11.3 Å². The van der Waals surface area contributed by atoms with Crippen molar-refractivity contribution < 1.29 is 14.3 Å². The topological polar surface area (TPSA) is 69.5 Å². The zero-order chi connectivity index (χ0) is 18.5. The molecule has 1 atom stereocenters. The number of carbonyl (C=O) groups excluding carboxylic acids is 1. The predicted octanol–water partition coefficient (Wildman–Crippen LogP) is 2.61. The van der Waals surface area contributed by atoms with Crippen LogP contribution in [0, 0.1) is 0 Å². The van der Waals surface area contributed by atoms with E-state index in [9.17, 15) is 4.79 Å². The molecule has 0 N–H and O–H groups in total. The van der Waals surface area contributed by atoms with Gasteiger partial charge in [0.15, 0.2) is 0 Å². The van der Waals surface area contributed by atoms with Gasteiger partial charge in [0.05, 0.1) is 25.5 Å². The number of ether oxygens (including phenoxy) is 2. The number of hydrogen-bond acceptors (Lipinski definition) is 5. The Labute approximate surface area is 157 Å². The van der Waals surface area contributed by atoms with Gasteiger partial charge in [0.1, 0.15) is 11.5 Å². The zero-order valence-electron chi connectivity index (χ0n) is 14.8. The summed E-state index contributed by atoms with van der Waals surface area (Å²) in [6.07, 6.45) is 6.91. The Morgan fingerprint density at radius 3 is 2.78 bits per heavy atom. The van der Waals surface area contributed by atoms with Gasteiger partial charge >= 0.3 is 0 Å². The van der Waals surface area contributed by atoms with Gasteiger partial charge in [-0.05, 0) is 42.5 Å². The average molecular weight is 364 g/mol. The van der Waals surface area contributed by atoms with Crippen LogP contribution in [0.25, 0.3) is 0 Å². The largest absolute Gasteiger partial charge is 0.456 e. The van der Waals surface area contributed by atoms with Crippen molar-refractivity contribution in [2.45, 2.75) is 12.6 Å². The first kappa shape index (κ1) is 17.2. The number of morpholine rings is 1. The molecule has 0 radical (unpaired) electrons. The van der Waals surface area contributed by atoms with Crippen molar-refractivity contribution in [1.29, 1.82) is 0 Å². The van der Waals surface area contributed by atoms with Gasteiger partial charge in [-0.1, -0.05) is 0 Å². The van der Waals surface area contributed by atoms with E-state index in [1.54, 1.807) is 42.9 Å². The van der Waals surface area contributed by atoms with Gasteiger partial charge in [-0.25, -0.2) is 0 Å². The Morgan fingerprint density at radius 1 is 1.15 bits per heavy atom. The number of benzene rings is 1. The molecule has 0 bridgehead atoms. The lowest BCUT2D eigenvalue weighted by Gasteiger charge is -2.33. The maximum absolute atomic E-state index is 12.8. The quantitative estimate of drug-likeness (QED) is 0.696. The molecule has 4 rings (SSSR count). The summed E-state index contributed by atoms with van der Waals surface area (Å²) in [7, 11) is 0. The molecular weight excluding hydrogens is 344 g/mol. The maximum Gasteiger partial charge on any atom is 0.254 e. The Morgan fingerprint density at radius 2 is 2.04 bits per heavy atom. The molecule has 0 aliphatic carbocycles. The molecule has 1 amide bonds. The van der Waals surface area contributed by atoms with Crippen molar-refractivity contribution >= 4 is 5.91 Å². The minimum Gasteiger partial charge on any atom is -0.456 e. The molecule has 1 aliphatic rings. The fraction of sp³-hybridized carbons (Fsp3) is 0.250. The summed E-state index contributed by atoms with van der Waals surface area (Å²) in [5, 5.41) is 4.20. The number of hydrogen-bond donors (Lipinski definition) is 0. The normalized spacial score (nSPS) is 16.9. The van der Waals surface area contributed by atoms with E-state index in [4.69, 9.17) is 9.47 Å². The molecule has 3 heterocycles. The second-order valence-electron chi connectivity index (χ2n) is 6.29. The lowest BCUT2D eigenvalue weighted by molar-refractivity contribution is -0.0299. The van der Waals surface area contributed by atoms with Gasteiger partial charge in [-0.15, -0.1) is 0 Å². The molecule has 0 unspecified atom stereocenters. The minimum atomic E-state index is -0.0595. The molecular formula is C20H20N4O3. The van der Waals surface area contributed by atoms with Crippen molar-refractivity contribution in [3.05, 3.63) is 72.8 Å². The summed E-state index contributed by atoms with van der Waals surface area (Å²) in [4.78, 5) is 18.7. The smallest absolute Gasteiger partial charge is 0.254 e. The predicted molar refractivity (Wildman–Crippen MR) is 98.6 cm³/mol. The number of carbonyl (C=O) groups is 1. The van der Waals surface area contributed by atoms with E-state index in [1.807, 2.05) is 34.0 Å². The summed E-state index contributed by atoms with van der Waals surface area (Å²) < 4.78 is 13.3. The third-order valence-corrected chi connectivity index (χ3v) is 4.35. The maximum atomic E-state index is 12.8. The standard InChI is InChI=1S/C20H20N4O3/c25-20(23-11-12-26-19(14-23)15-24-10-2-9-22-24)16-4-6-17(7-5-16)27-18-3-1-8-21-13-18/h1-10,13,19H,11-12,14-15H2/t19-/m0/s1. The van der Waals surface area contributed by atoms with Gasteiger partial charge in [0.25, 0.3) is 5.91 Å². The molecule has 3 aromatic rings. The van der Waals surface area contributed by atoms with Gasteiger partial charge in [-0.3, -0.25) is 14.5 Å². The van der Waals surface area contributed by atoms with Crippen molar-refractivity contribution in [3.63, 3.8) is 0 Å². The highest BCUT2D eigenvalue weighted by molar-refractivity contribution is 5.94. The third-order valence-electron chi connectivity index (χ3n) is 4.35. The first-order valence-electron chi connectivity index (χ1n) is 8.84. The number of aromatic nitrogens is 3. The van der Waals surface area contributed by atoms with Gasteiger partial charge in [0.2, 0.25) is 0 Å². The van der Waals surface area contributed by atoms with E-state index in [2.05, 4.69) is 10.1 Å². The molecule has 1 fully saturated rings. The molecule has 1 saturated heterocycles. The van der Waals surface area contributed by atoms with E-state index >= 15 is 0 Å². The number of pyridine rings is 1. The van der Waals surface area contributed by atoms with Crippen LogP contribution < -0.4 is 4.74 Å². The molecule has 7 nitrogen and oxygen atoms in total. The molecule has 138 valence electrons. The fourth-order valence-electron chi connectivity index (χ4n) is 3.02. The fourth-order valence-corrected chi connectivity index (χ4v) is 3.02. The van der Waals surface area contributed by atoms with Crippen LogP contribution in [0.3, 0.4) is 0 Å². The summed E-state index contributed by atoms with van der Waals surface area (Å²) in [6.45, 7) is 2.30. The highest BCUT2D eigenvalue weighted by Crippen LogP contribution is 2.21. The van der Waals surface area contributed by atoms with E-state index < -0.39 is 0 Å². The lowest BCUT2D eigenvalue weighted by atomic mass is 10.1. The molecule has 0 saturated carbocycles. The molecule has 1 aliphatic heterocycles. The van der Waals surface area contributed by atoms with Crippen molar-refractivity contribution in [1.82, 2.24) is 19.7 Å². The second kappa shape index (κ2) is 8.01. The zero-order valence-corrected chi connectivity index (χ0v) is 14.8. The van der Waals surface area contributed by atoms with Crippen molar-refractivity contribution in [3.8, 4) is 11.5 Å². The van der Waals surface area contributed by atoms with Gasteiger partial charge in [0, 0.05) is 37.2 Å². The highest BCUT2D eigenvalue weighted by atomic mass is 16.5. The van der Waals surface area contributed by atoms with Crippen LogP contribution in [0.2, 0.25) is 0 Å². The molecule has 1 aromatic carbocycles. The molecule has 27 heavy (non-hydrogen) atoms. The van der Waals surface area contributed by atoms with E-state index in [1.165, 1.54) is 0 Å². The van der Waals surface area contributed by atoms with Crippen LogP contribution in [0.4, 0.5) is 0 Å². The van der Waals surface area contributed by atoms with Crippen LogP contribution in [0.5, 0.6) is 11.5 Å². The Hall–Kier alpha value is -3.19. The lowest BCUT2D eigenvalue weighted by Crippen LogP contribution is -2.47. The molecule has 0 spiro atoms. The summed E-state index contributed by atoms with van der Waals surface area (Å²) >= 11 is 0. The Kier molecular flexibility index (Phi) is 5.11. The first-order valence-corrected chi connectivity index (χ1v) is 8.84. The highest BCUT2D eigenvalue weighted by Gasteiger charge is 2.25. The molecule has 7 heteroatoms. The van der Waals surface area contributed by atoms with Crippen molar-refractivity contribution in [2.75, 3.05) is 19.7 Å². The summed E-state index contributed by atoms with van der Waals surface area (Å²) in [5.74, 6) is 1.32. The Bertz CT molecular complexity index is 866. The Balaban J connectivity index is 1.38.